The second-order valence-corrected chi connectivity index (χ2v) is 12.3. The van der Waals surface area contributed by atoms with Crippen molar-refractivity contribution in [2.24, 2.45) is 15.1 Å². The Labute approximate surface area is 294 Å². The van der Waals surface area contributed by atoms with Crippen LogP contribution < -0.4 is 31.4 Å². The minimum absolute atomic E-state index is 0.0158. The Bertz CT molecular complexity index is 1800. The van der Waals surface area contributed by atoms with Gasteiger partial charge in [-0.1, -0.05) is 31.8 Å². The molecule has 3 N–H and O–H groups in total. The molecule has 0 fully saturated rings. The fourth-order valence-corrected chi connectivity index (χ4v) is 4.94. The van der Waals surface area contributed by atoms with E-state index in [0.717, 1.165) is 12.8 Å². The van der Waals surface area contributed by atoms with Gasteiger partial charge in [-0.15, -0.1) is 0 Å². The number of amides is 2. The van der Waals surface area contributed by atoms with Gasteiger partial charge in [-0.05, 0) is 33.6 Å². The van der Waals surface area contributed by atoms with Crippen LogP contribution in [0.4, 0.5) is 0 Å². The van der Waals surface area contributed by atoms with Crippen LogP contribution in [-0.4, -0.2) is 78.8 Å². The molecular formula is C34H45N5O12. The number of aliphatic imine (C=N–C) groups is 2. The van der Waals surface area contributed by atoms with Crippen LogP contribution in [0.15, 0.2) is 57.8 Å². The molecule has 17 nitrogen and oxygen atoms in total. The lowest BCUT2D eigenvalue weighted by molar-refractivity contribution is -0.127. The first kappa shape index (κ1) is 40.0. The molecule has 4 rings (SSSR count). The maximum absolute atomic E-state index is 12.8. The number of carbonyl (C=O) groups excluding carboxylic acids is 3. The Morgan fingerprint density at radius 2 is 1.22 bits per heavy atom. The molecule has 278 valence electrons. The van der Waals surface area contributed by atoms with E-state index in [0.29, 0.717) is 35.9 Å². The number of nitrogens with one attached hydrogen (secondary N) is 2. The molecule has 0 aliphatic carbocycles. The molecule has 0 unspecified atom stereocenters. The number of nitrogens with zero attached hydrogens (tertiary/aromatic N) is 3. The summed E-state index contributed by atoms with van der Waals surface area (Å²) in [5.74, 6) is 0.256. The summed E-state index contributed by atoms with van der Waals surface area (Å²) in [7, 11) is 2.89. The smallest absolute Gasteiger partial charge is 0.339 e. The Morgan fingerprint density at radius 3 is 1.57 bits per heavy atom. The summed E-state index contributed by atoms with van der Waals surface area (Å²) in [5.41, 5.74) is -3.30. The van der Waals surface area contributed by atoms with Gasteiger partial charge in [-0.3, -0.25) is 14.4 Å². The normalized spacial score (nSPS) is 20.7. The molecule has 4 heterocycles. The third-order valence-electron chi connectivity index (χ3n) is 7.87. The first-order valence-electron chi connectivity index (χ1n) is 16.3. The highest BCUT2D eigenvalue weighted by Gasteiger charge is 2.42. The van der Waals surface area contributed by atoms with Gasteiger partial charge in [0.1, 0.15) is 41.9 Å². The van der Waals surface area contributed by atoms with Crippen LogP contribution in [0.1, 0.15) is 90.8 Å². The lowest BCUT2D eigenvalue weighted by Gasteiger charge is -2.23. The zero-order chi connectivity index (χ0) is 37.9. The molecule has 2 aliphatic heterocycles. The fourth-order valence-electron chi connectivity index (χ4n) is 4.94. The molecule has 51 heavy (non-hydrogen) atoms. The highest BCUT2D eigenvalue weighted by atomic mass is 16.5. The van der Waals surface area contributed by atoms with Crippen molar-refractivity contribution in [1.29, 1.82) is 0 Å². The topological polar surface area (TPSA) is 230 Å². The number of hydrogen-bond donors (Lipinski definition) is 3. The maximum Gasteiger partial charge on any atom is 0.339 e. The van der Waals surface area contributed by atoms with Crippen molar-refractivity contribution in [3.05, 3.63) is 56.6 Å². The predicted octanol–water partition coefficient (Wildman–Crippen LogP) is 3.03. The van der Waals surface area contributed by atoms with Gasteiger partial charge in [-0.25, -0.2) is 19.6 Å². The summed E-state index contributed by atoms with van der Waals surface area (Å²) in [5, 5.41) is 17.5. The van der Waals surface area contributed by atoms with Crippen molar-refractivity contribution in [3.63, 3.8) is 0 Å². The first-order valence-corrected chi connectivity index (χ1v) is 16.3. The molecule has 2 aliphatic rings. The van der Waals surface area contributed by atoms with Gasteiger partial charge in [-0.2, -0.15) is 0 Å². The van der Waals surface area contributed by atoms with Gasteiger partial charge in [0.05, 0.1) is 38.4 Å². The summed E-state index contributed by atoms with van der Waals surface area (Å²) in [6, 6.07) is 4.57. The van der Waals surface area contributed by atoms with E-state index in [4.69, 9.17) is 33.0 Å². The monoisotopic (exact) mass is 715 g/mol. The van der Waals surface area contributed by atoms with Crippen LogP contribution in [0.3, 0.4) is 0 Å². The third-order valence-corrected chi connectivity index (χ3v) is 7.87. The standard InChI is InChI=1S/C17H23N3O6.C17H22N2O6/c1-5-6-12(13-7-11(24-4)8-14(21)26-13)18-16(22)17(3)9-25-15(19-17)10(2)20-23;1-5-6-12(13-7-11(23-4)8-14(21)25-13)18-16(22)17(3)9-24-15(19-17)10(2)20/h7-8,12,23H,5-6,9H2,1-4H3,(H,18,22);7-8,12H,5-6,9H2,1-4H3,(H,18,22)/b20-10+;/t2*12-,17+/m11/s1. The van der Waals surface area contributed by atoms with E-state index in [1.165, 1.54) is 40.2 Å². The summed E-state index contributed by atoms with van der Waals surface area (Å²) in [6.45, 7) is 9.95. The Balaban J connectivity index is 0.000000276. The van der Waals surface area contributed by atoms with Crippen LogP contribution >= 0.6 is 0 Å². The van der Waals surface area contributed by atoms with Gasteiger partial charge in [0.15, 0.2) is 11.1 Å². The van der Waals surface area contributed by atoms with Crippen molar-refractivity contribution in [2.75, 3.05) is 27.4 Å². The minimum atomic E-state index is -1.20. The van der Waals surface area contributed by atoms with Crippen LogP contribution in [0.5, 0.6) is 11.5 Å². The number of Topliss-reactive ketones (excluding diaryl/α,β-unsaturated/α-hetero) is 1. The van der Waals surface area contributed by atoms with Gasteiger partial charge in [0.25, 0.3) is 17.7 Å². The fraction of sp³-hybridized carbons (Fsp3) is 0.529. The Kier molecular flexibility index (Phi) is 13.7. The zero-order valence-electron chi connectivity index (χ0n) is 30.0. The lowest BCUT2D eigenvalue weighted by atomic mass is 10.0. The van der Waals surface area contributed by atoms with E-state index in [9.17, 15) is 24.0 Å². The average molecular weight is 716 g/mol. The van der Waals surface area contributed by atoms with E-state index < -0.39 is 40.3 Å². The Morgan fingerprint density at radius 1 is 0.804 bits per heavy atom. The molecule has 0 spiro atoms. The van der Waals surface area contributed by atoms with Gasteiger partial charge in [0.2, 0.25) is 11.7 Å². The van der Waals surface area contributed by atoms with Crippen molar-refractivity contribution in [1.82, 2.24) is 10.6 Å². The Hall–Kier alpha value is -5.48. The lowest BCUT2D eigenvalue weighted by Crippen LogP contribution is -2.45. The molecule has 2 aromatic rings. The van der Waals surface area contributed by atoms with Crippen LogP contribution in [0.25, 0.3) is 0 Å². The number of hydrogen-bond acceptors (Lipinski definition) is 15. The third kappa shape index (κ3) is 10.3. The summed E-state index contributed by atoms with van der Waals surface area (Å²) < 4.78 is 31.2. The molecule has 0 radical (unpaired) electrons. The van der Waals surface area contributed by atoms with Gasteiger partial charge < -0.3 is 43.6 Å². The highest BCUT2D eigenvalue weighted by molar-refractivity contribution is 6.38. The summed E-state index contributed by atoms with van der Waals surface area (Å²) >= 11 is 0. The van der Waals surface area contributed by atoms with Crippen LogP contribution in [0, 0.1) is 0 Å². The van der Waals surface area contributed by atoms with Crippen LogP contribution in [0.2, 0.25) is 0 Å². The van der Waals surface area contributed by atoms with Crippen molar-refractivity contribution >= 4 is 35.1 Å². The van der Waals surface area contributed by atoms with E-state index in [-0.39, 0.29) is 42.4 Å². The number of oxime groups is 1. The first-order chi connectivity index (χ1) is 24.1. The molecular weight excluding hydrogens is 670 g/mol. The molecule has 2 amide bonds. The minimum Gasteiger partial charge on any atom is -0.496 e. The quantitative estimate of drug-likeness (QED) is 0.146. The molecule has 0 aromatic carbocycles. The molecule has 17 heteroatoms. The van der Waals surface area contributed by atoms with Gasteiger partial charge in [0, 0.05) is 19.1 Å². The van der Waals surface area contributed by atoms with E-state index >= 15 is 0 Å². The SMILES string of the molecule is CCC[C@@H](NC(=O)[C@]1(C)COC(/C(C)=N/O)=N1)c1cc(OC)cc(=O)o1.CCC[C@@H](NC(=O)[C@]1(C)COC(C(C)=O)=N1)c1cc(OC)cc(=O)o1. The molecule has 4 atom stereocenters. The van der Waals surface area contributed by atoms with Crippen molar-refractivity contribution in [3.8, 4) is 11.5 Å². The zero-order valence-corrected chi connectivity index (χ0v) is 30.0. The second-order valence-electron chi connectivity index (χ2n) is 12.3. The number of ketones is 1. The maximum atomic E-state index is 12.8. The number of ether oxygens (including phenoxy) is 4. The number of methoxy groups -OCH3 is 2. The molecule has 0 bridgehead atoms. The van der Waals surface area contributed by atoms with E-state index in [2.05, 4.69) is 25.8 Å². The van der Waals surface area contributed by atoms with E-state index in [1.54, 1.807) is 26.0 Å². The van der Waals surface area contributed by atoms with Crippen molar-refractivity contribution < 1.29 is 47.4 Å². The van der Waals surface area contributed by atoms with Crippen LogP contribution in [-0.2, 0) is 23.9 Å². The van der Waals surface area contributed by atoms with Gasteiger partial charge >= 0.3 is 11.3 Å². The second kappa shape index (κ2) is 17.4. The highest BCUT2D eigenvalue weighted by Crippen LogP contribution is 2.26. The summed E-state index contributed by atoms with van der Waals surface area (Å²) in [4.78, 5) is 68.5. The number of carbonyl (C=O) groups is 3. The number of rotatable bonds is 14. The largest absolute Gasteiger partial charge is 0.496 e. The van der Waals surface area contributed by atoms with E-state index in [1.807, 2.05) is 13.8 Å². The average Bonchev–Trinajstić information content (AvgIpc) is 3.72. The molecule has 0 saturated carbocycles. The molecule has 0 saturated heterocycles. The summed E-state index contributed by atoms with van der Waals surface area (Å²) in [6.07, 6.45) is 2.62. The molecule has 2 aromatic heterocycles. The van der Waals surface area contributed by atoms with Crippen molar-refractivity contribution in [2.45, 2.75) is 90.4 Å². The predicted molar refractivity (Wildman–Crippen MR) is 184 cm³/mol.